The zero-order valence-electron chi connectivity index (χ0n) is 18.7. The van der Waals surface area contributed by atoms with Crippen molar-refractivity contribution in [3.8, 4) is 0 Å². The smallest absolute Gasteiger partial charge is 0.264 e. The summed E-state index contributed by atoms with van der Waals surface area (Å²) in [6.07, 6.45) is 1.89. The quantitative estimate of drug-likeness (QED) is 0.422. The number of nitrogens with zero attached hydrogens (tertiary/aromatic N) is 2. The van der Waals surface area contributed by atoms with Crippen molar-refractivity contribution in [2.45, 2.75) is 37.8 Å². The Morgan fingerprint density at radius 1 is 1.06 bits per heavy atom. The first-order valence-corrected chi connectivity index (χ1v) is 13.5. The molecule has 1 fully saturated rings. The van der Waals surface area contributed by atoms with Gasteiger partial charge in [-0.1, -0.05) is 31.5 Å². The minimum Gasteiger partial charge on any atom is -0.379 e. The van der Waals surface area contributed by atoms with E-state index in [1.54, 1.807) is 18.2 Å². The maximum absolute atomic E-state index is 14.0. The van der Waals surface area contributed by atoms with Crippen LogP contribution >= 0.6 is 11.3 Å². The van der Waals surface area contributed by atoms with Crippen LogP contribution in [-0.4, -0.2) is 39.6 Å². The second-order valence-corrected chi connectivity index (χ2v) is 11.1. The topological polar surface area (TPSA) is 49.9 Å². The van der Waals surface area contributed by atoms with E-state index in [2.05, 4.69) is 17.2 Å². The van der Waals surface area contributed by atoms with E-state index in [1.165, 1.54) is 33.8 Å². The Kier molecular flexibility index (Phi) is 7.80. The largest absolute Gasteiger partial charge is 0.379 e. The van der Waals surface area contributed by atoms with Crippen molar-refractivity contribution in [1.82, 2.24) is 4.90 Å². The van der Waals surface area contributed by atoms with Crippen LogP contribution in [0.15, 0.2) is 64.9 Å². The van der Waals surface area contributed by atoms with E-state index in [9.17, 15) is 12.8 Å². The zero-order chi connectivity index (χ0) is 23.3. The molecule has 3 aromatic rings. The zero-order valence-corrected chi connectivity index (χ0v) is 20.4. The van der Waals surface area contributed by atoms with Crippen molar-refractivity contribution >= 4 is 27.0 Å². The van der Waals surface area contributed by atoms with Crippen LogP contribution in [0.3, 0.4) is 0 Å². The molecule has 33 heavy (non-hydrogen) atoms. The number of hydrogen-bond acceptors (Lipinski definition) is 5. The van der Waals surface area contributed by atoms with Crippen LogP contribution in [0.25, 0.3) is 0 Å². The maximum Gasteiger partial charge on any atom is 0.264 e. The van der Waals surface area contributed by atoms with Gasteiger partial charge in [0, 0.05) is 24.5 Å². The van der Waals surface area contributed by atoms with Crippen molar-refractivity contribution < 1.29 is 17.5 Å². The fourth-order valence-electron chi connectivity index (χ4n) is 3.94. The summed E-state index contributed by atoms with van der Waals surface area (Å²) in [5, 5.41) is 2.07. The van der Waals surface area contributed by atoms with Crippen LogP contribution in [0.4, 0.5) is 10.1 Å². The van der Waals surface area contributed by atoms with Crippen LogP contribution in [0.1, 0.15) is 29.3 Å². The Bertz CT molecular complexity index is 1160. The highest BCUT2D eigenvalue weighted by atomic mass is 32.2. The number of sulfonamides is 1. The number of aryl methyl sites for hydroxylation is 1. The molecule has 1 aromatic heterocycles. The summed E-state index contributed by atoms with van der Waals surface area (Å²) in [7, 11) is -3.87. The average Bonchev–Trinajstić information content (AvgIpc) is 3.25. The number of morpholine rings is 1. The highest BCUT2D eigenvalue weighted by Gasteiger charge is 2.26. The highest BCUT2D eigenvalue weighted by Crippen LogP contribution is 2.29. The number of ether oxygens (including phenoxy) is 1. The molecule has 2 heterocycles. The Hall–Kier alpha value is -2.26. The van der Waals surface area contributed by atoms with Crippen molar-refractivity contribution in [2.75, 3.05) is 30.6 Å². The number of thiophene rings is 1. The fraction of sp³-hybridized carbons (Fsp3) is 0.360. The van der Waals surface area contributed by atoms with Crippen LogP contribution in [0.2, 0.25) is 0 Å². The molecule has 0 spiro atoms. The number of halogens is 1. The Morgan fingerprint density at radius 2 is 1.82 bits per heavy atom. The van der Waals surface area contributed by atoms with Crippen LogP contribution < -0.4 is 4.31 Å². The lowest BCUT2D eigenvalue weighted by Gasteiger charge is -2.26. The molecule has 176 valence electrons. The monoisotopic (exact) mass is 488 g/mol. The molecule has 0 radical (unpaired) electrons. The van der Waals surface area contributed by atoms with Crippen LogP contribution in [0.5, 0.6) is 0 Å². The number of hydrogen-bond donors (Lipinski definition) is 0. The van der Waals surface area contributed by atoms with Gasteiger partial charge in [0.1, 0.15) is 5.82 Å². The second kappa shape index (κ2) is 10.8. The maximum atomic E-state index is 14.0. The third kappa shape index (κ3) is 6.00. The molecule has 0 bridgehead atoms. The van der Waals surface area contributed by atoms with Gasteiger partial charge in [-0.15, -0.1) is 11.3 Å². The van der Waals surface area contributed by atoms with Crippen molar-refractivity contribution in [3.05, 3.63) is 81.8 Å². The molecule has 0 amide bonds. The Labute approximate surface area is 199 Å². The van der Waals surface area contributed by atoms with Gasteiger partial charge < -0.3 is 4.74 Å². The first-order valence-electron chi connectivity index (χ1n) is 11.2. The third-order valence-electron chi connectivity index (χ3n) is 5.66. The summed E-state index contributed by atoms with van der Waals surface area (Å²) in [6, 6.07) is 14.8. The van der Waals surface area contributed by atoms with Crippen molar-refractivity contribution in [2.24, 2.45) is 0 Å². The van der Waals surface area contributed by atoms with Crippen LogP contribution in [0, 0.1) is 5.82 Å². The van der Waals surface area contributed by atoms with Gasteiger partial charge in [0.05, 0.1) is 30.3 Å². The summed E-state index contributed by atoms with van der Waals surface area (Å²) in [5.41, 5.74) is 2.56. The summed E-state index contributed by atoms with van der Waals surface area (Å²) in [5.74, 6) is -0.467. The molecular weight excluding hydrogens is 459 g/mol. The number of benzene rings is 2. The van der Waals surface area contributed by atoms with E-state index in [0.717, 1.165) is 61.7 Å². The summed E-state index contributed by atoms with van der Waals surface area (Å²) in [6.45, 7) is 6.30. The lowest BCUT2D eigenvalue weighted by atomic mass is 10.1. The van der Waals surface area contributed by atoms with Crippen molar-refractivity contribution in [3.63, 3.8) is 0 Å². The van der Waals surface area contributed by atoms with Crippen molar-refractivity contribution in [1.29, 1.82) is 0 Å². The predicted molar refractivity (Wildman–Crippen MR) is 131 cm³/mol. The van der Waals surface area contributed by atoms with Gasteiger partial charge in [-0.05, 0) is 59.3 Å². The van der Waals surface area contributed by atoms with E-state index < -0.39 is 15.8 Å². The lowest BCUT2D eigenvalue weighted by molar-refractivity contribution is 0.0342. The number of anilines is 1. The van der Waals surface area contributed by atoms with Crippen LogP contribution in [-0.2, 0) is 34.3 Å². The summed E-state index contributed by atoms with van der Waals surface area (Å²) < 4.78 is 48.0. The molecular formula is C25H29FN2O3S2. The predicted octanol–water partition coefficient (Wildman–Crippen LogP) is 5.07. The molecule has 0 N–H and O–H groups in total. The van der Waals surface area contributed by atoms with Gasteiger partial charge >= 0.3 is 0 Å². The molecule has 1 aliphatic heterocycles. The molecule has 1 aliphatic rings. The van der Waals surface area contributed by atoms with Gasteiger partial charge in [0.2, 0.25) is 0 Å². The van der Waals surface area contributed by atoms with E-state index in [1.807, 2.05) is 18.2 Å². The molecule has 2 aromatic carbocycles. The van der Waals surface area contributed by atoms with Gasteiger partial charge in [-0.25, -0.2) is 12.8 Å². The minimum absolute atomic E-state index is 0.149. The molecule has 1 saturated heterocycles. The molecule has 4 rings (SSSR count). The SMILES string of the molecule is CCCc1ccc(S(=O)(=O)N(Cc2cc(CN3CCOCC3)cs2)c2cccc(F)c2)cc1. The van der Waals surface area contributed by atoms with Gasteiger partial charge in [-0.3, -0.25) is 9.21 Å². The highest BCUT2D eigenvalue weighted by molar-refractivity contribution is 7.92. The molecule has 0 aliphatic carbocycles. The lowest BCUT2D eigenvalue weighted by Crippen LogP contribution is -2.35. The second-order valence-electron chi connectivity index (χ2n) is 8.20. The molecule has 0 atom stereocenters. The number of rotatable bonds is 9. The Morgan fingerprint density at radius 3 is 2.52 bits per heavy atom. The van der Waals surface area contributed by atoms with E-state index in [4.69, 9.17) is 4.74 Å². The van der Waals surface area contributed by atoms with Gasteiger partial charge in [0.15, 0.2) is 0 Å². The fourth-order valence-corrected chi connectivity index (χ4v) is 6.33. The van der Waals surface area contributed by atoms with Gasteiger partial charge in [0.25, 0.3) is 10.0 Å². The standard InChI is InChI=1S/C25H29FN2O3S2/c1-2-4-20-7-9-25(10-8-20)33(29,30)28(23-6-3-5-22(26)16-23)18-24-15-21(19-32-24)17-27-11-13-31-14-12-27/h3,5-10,15-16,19H,2,4,11-14,17-18H2,1H3. The summed E-state index contributed by atoms with van der Waals surface area (Å²) >= 11 is 1.53. The minimum atomic E-state index is -3.87. The first-order chi connectivity index (χ1) is 16.0. The normalized spacial score (nSPS) is 15.0. The van der Waals surface area contributed by atoms with E-state index >= 15 is 0 Å². The van der Waals surface area contributed by atoms with E-state index in [-0.39, 0.29) is 11.4 Å². The Balaban J connectivity index is 1.60. The summed E-state index contributed by atoms with van der Waals surface area (Å²) in [4.78, 5) is 3.44. The molecule has 5 nitrogen and oxygen atoms in total. The van der Waals surface area contributed by atoms with E-state index in [0.29, 0.717) is 5.69 Å². The average molecular weight is 489 g/mol. The van der Waals surface area contributed by atoms with Gasteiger partial charge in [-0.2, -0.15) is 0 Å². The third-order valence-corrected chi connectivity index (χ3v) is 8.42. The first kappa shape index (κ1) is 23.9. The molecule has 0 saturated carbocycles. The molecule has 0 unspecified atom stereocenters. The molecule has 8 heteroatoms.